The van der Waals surface area contributed by atoms with E-state index >= 15 is 0 Å². The molecule has 1 saturated carbocycles. The second-order valence-electron chi connectivity index (χ2n) is 5.01. The van der Waals surface area contributed by atoms with Crippen molar-refractivity contribution in [1.82, 2.24) is 10.2 Å². The van der Waals surface area contributed by atoms with Gasteiger partial charge in [0.1, 0.15) is 0 Å². The molecule has 0 radical (unpaired) electrons. The van der Waals surface area contributed by atoms with Gasteiger partial charge >= 0.3 is 0 Å². The number of nitrogens with zero attached hydrogens (tertiary/aromatic N) is 1. The third-order valence-electron chi connectivity index (χ3n) is 3.10. The third kappa shape index (κ3) is 2.68. The molecule has 1 aliphatic heterocycles. The molecule has 0 bridgehead atoms. The smallest absolute Gasteiger partial charge is 0.0207 e. The van der Waals surface area contributed by atoms with Gasteiger partial charge in [-0.2, -0.15) is 0 Å². The highest BCUT2D eigenvalue weighted by Crippen LogP contribution is 2.29. The lowest BCUT2D eigenvalue weighted by molar-refractivity contribution is 0.316. The molecule has 2 fully saturated rings. The van der Waals surface area contributed by atoms with E-state index in [0.29, 0.717) is 0 Å². The lowest BCUT2D eigenvalue weighted by Crippen LogP contribution is -2.35. The largest absolute Gasteiger partial charge is 0.312 e. The molecule has 1 heterocycles. The molecule has 2 heteroatoms. The van der Waals surface area contributed by atoms with Gasteiger partial charge in [0, 0.05) is 25.2 Å². The SMILES string of the molecule is CC(C)CNC1CCN(C2CC2)C1. The van der Waals surface area contributed by atoms with Crippen LogP contribution in [0.15, 0.2) is 0 Å². The molecule has 0 aromatic carbocycles. The minimum atomic E-state index is 0.781. The molecule has 1 saturated heterocycles. The summed E-state index contributed by atoms with van der Waals surface area (Å²) in [5, 5.41) is 3.65. The number of likely N-dealkylation sites (tertiary alicyclic amines) is 1. The van der Waals surface area contributed by atoms with Gasteiger partial charge in [-0.15, -0.1) is 0 Å². The van der Waals surface area contributed by atoms with Crippen molar-refractivity contribution in [2.45, 2.75) is 45.2 Å². The molecule has 0 amide bonds. The first-order valence-corrected chi connectivity index (χ1v) is 5.73. The van der Waals surface area contributed by atoms with Gasteiger partial charge in [-0.05, 0) is 31.7 Å². The van der Waals surface area contributed by atoms with E-state index in [4.69, 9.17) is 0 Å². The molecule has 2 nitrogen and oxygen atoms in total. The quantitative estimate of drug-likeness (QED) is 0.708. The first-order valence-electron chi connectivity index (χ1n) is 5.73. The van der Waals surface area contributed by atoms with Gasteiger partial charge < -0.3 is 5.32 Å². The zero-order valence-electron chi connectivity index (χ0n) is 8.92. The van der Waals surface area contributed by atoms with E-state index in [0.717, 1.165) is 18.0 Å². The minimum Gasteiger partial charge on any atom is -0.312 e. The normalized spacial score (nSPS) is 30.2. The summed E-state index contributed by atoms with van der Waals surface area (Å²) < 4.78 is 0. The summed E-state index contributed by atoms with van der Waals surface area (Å²) in [6.07, 6.45) is 4.27. The average molecular weight is 182 g/mol. The first-order chi connectivity index (χ1) is 6.25. The monoisotopic (exact) mass is 182 g/mol. The lowest BCUT2D eigenvalue weighted by atomic mass is 10.2. The predicted octanol–water partition coefficient (Wildman–Crippen LogP) is 1.47. The Hall–Kier alpha value is -0.0800. The molecule has 1 unspecified atom stereocenters. The Morgan fingerprint density at radius 1 is 1.31 bits per heavy atom. The summed E-state index contributed by atoms with van der Waals surface area (Å²) in [5.41, 5.74) is 0. The fourth-order valence-electron chi connectivity index (χ4n) is 2.13. The lowest BCUT2D eigenvalue weighted by Gasteiger charge is -2.16. The van der Waals surface area contributed by atoms with E-state index in [1.54, 1.807) is 0 Å². The summed E-state index contributed by atoms with van der Waals surface area (Å²) in [7, 11) is 0. The topological polar surface area (TPSA) is 15.3 Å². The van der Waals surface area contributed by atoms with Crippen LogP contribution in [0.25, 0.3) is 0 Å². The predicted molar refractivity (Wildman–Crippen MR) is 55.8 cm³/mol. The highest BCUT2D eigenvalue weighted by atomic mass is 15.2. The van der Waals surface area contributed by atoms with Gasteiger partial charge in [-0.1, -0.05) is 13.8 Å². The Labute approximate surface area is 81.7 Å². The van der Waals surface area contributed by atoms with Crippen molar-refractivity contribution < 1.29 is 0 Å². The van der Waals surface area contributed by atoms with E-state index in [-0.39, 0.29) is 0 Å². The Morgan fingerprint density at radius 3 is 2.69 bits per heavy atom. The fraction of sp³-hybridized carbons (Fsp3) is 1.00. The molecule has 1 atom stereocenters. The van der Waals surface area contributed by atoms with Crippen LogP contribution in [0.1, 0.15) is 33.1 Å². The van der Waals surface area contributed by atoms with Crippen LogP contribution in [0, 0.1) is 5.92 Å². The molecular weight excluding hydrogens is 160 g/mol. The van der Waals surface area contributed by atoms with Crippen molar-refractivity contribution in [2.75, 3.05) is 19.6 Å². The second kappa shape index (κ2) is 3.97. The number of nitrogens with one attached hydrogen (secondary N) is 1. The summed E-state index contributed by atoms with van der Waals surface area (Å²) >= 11 is 0. The van der Waals surface area contributed by atoms with Gasteiger partial charge in [0.05, 0.1) is 0 Å². The molecule has 0 aromatic rings. The third-order valence-corrected chi connectivity index (χ3v) is 3.10. The molecule has 1 N–H and O–H groups in total. The van der Waals surface area contributed by atoms with E-state index in [1.807, 2.05) is 0 Å². The summed E-state index contributed by atoms with van der Waals surface area (Å²) in [6.45, 7) is 8.38. The Bertz CT molecular complexity index is 163. The second-order valence-corrected chi connectivity index (χ2v) is 5.01. The average Bonchev–Trinajstić information content (AvgIpc) is 2.83. The number of rotatable bonds is 4. The van der Waals surface area contributed by atoms with Crippen LogP contribution in [0.3, 0.4) is 0 Å². The zero-order chi connectivity index (χ0) is 9.26. The summed E-state index contributed by atoms with van der Waals surface area (Å²) in [6, 6.07) is 1.74. The summed E-state index contributed by atoms with van der Waals surface area (Å²) in [4.78, 5) is 2.66. The zero-order valence-corrected chi connectivity index (χ0v) is 8.92. The van der Waals surface area contributed by atoms with Gasteiger partial charge in [0.25, 0.3) is 0 Å². The van der Waals surface area contributed by atoms with Crippen LogP contribution < -0.4 is 5.32 Å². The van der Waals surface area contributed by atoms with Gasteiger partial charge in [-0.25, -0.2) is 0 Å². The number of hydrogen-bond acceptors (Lipinski definition) is 2. The van der Waals surface area contributed by atoms with Crippen LogP contribution in [0.5, 0.6) is 0 Å². The van der Waals surface area contributed by atoms with Crippen LogP contribution in [-0.2, 0) is 0 Å². The summed E-state index contributed by atoms with van der Waals surface area (Å²) in [5.74, 6) is 0.787. The Morgan fingerprint density at radius 2 is 2.08 bits per heavy atom. The molecule has 2 aliphatic rings. The Balaban J connectivity index is 1.65. The molecular formula is C11H22N2. The van der Waals surface area contributed by atoms with Crippen LogP contribution in [0.4, 0.5) is 0 Å². The standard InChI is InChI=1S/C11H22N2/c1-9(2)7-12-10-5-6-13(8-10)11-3-4-11/h9-12H,3-8H2,1-2H3. The molecule has 13 heavy (non-hydrogen) atoms. The maximum Gasteiger partial charge on any atom is 0.0207 e. The Kier molecular flexibility index (Phi) is 2.89. The van der Waals surface area contributed by atoms with Crippen molar-refractivity contribution >= 4 is 0 Å². The maximum atomic E-state index is 3.65. The molecule has 1 aliphatic carbocycles. The van der Waals surface area contributed by atoms with Crippen molar-refractivity contribution in [3.05, 3.63) is 0 Å². The molecule has 0 aromatic heterocycles. The molecule has 2 rings (SSSR count). The molecule has 0 spiro atoms. The van der Waals surface area contributed by atoms with Crippen molar-refractivity contribution in [1.29, 1.82) is 0 Å². The number of hydrogen-bond donors (Lipinski definition) is 1. The minimum absolute atomic E-state index is 0.781. The highest BCUT2D eigenvalue weighted by Gasteiger charge is 2.33. The van der Waals surface area contributed by atoms with Crippen molar-refractivity contribution in [3.63, 3.8) is 0 Å². The van der Waals surface area contributed by atoms with Crippen LogP contribution >= 0.6 is 0 Å². The van der Waals surface area contributed by atoms with Crippen LogP contribution in [-0.4, -0.2) is 36.6 Å². The first kappa shape index (κ1) is 9.47. The maximum absolute atomic E-state index is 3.65. The fourth-order valence-corrected chi connectivity index (χ4v) is 2.13. The van der Waals surface area contributed by atoms with E-state index in [2.05, 4.69) is 24.1 Å². The molecule has 76 valence electrons. The van der Waals surface area contributed by atoms with E-state index in [9.17, 15) is 0 Å². The van der Waals surface area contributed by atoms with Gasteiger partial charge in [0.15, 0.2) is 0 Å². The highest BCUT2D eigenvalue weighted by molar-refractivity contribution is 4.91. The van der Waals surface area contributed by atoms with Crippen molar-refractivity contribution in [2.24, 2.45) is 5.92 Å². The van der Waals surface area contributed by atoms with E-state index < -0.39 is 0 Å². The van der Waals surface area contributed by atoms with E-state index in [1.165, 1.54) is 38.9 Å². The van der Waals surface area contributed by atoms with Gasteiger partial charge in [-0.3, -0.25) is 4.90 Å². The van der Waals surface area contributed by atoms with Gasteiger partial charge in [0.2, 0.25) is 0 Å². The van der Waals surface area contributed by atoms with Crippen LogP contribution in [0.2, 0.25) is 0 Å². The van der Waals surface area contributed by atoms with Crippen molar-refractivity contribution in [3.8, 4) is 0 Å².